The summed E-state index contributed by atoms with van der Waals surface area (Å²) in [5.74, 6) is 0.996. The summed E-state index contributed by atoms with van der Waals surface area (Å²) in [6, 6.07) is 1.50. The predicted molar refractivity (Wildman–Crippen MR) is 146 cm³/mol. The number of nitrogens with zero attached hydrogens (tertiary/aromatic N) is 9. The molecule has 0 unspecified atom stereocenters. The number of imidazole rings is 1. The van der Waals surface area contributed by atoms with Crippen molar-refractivity contribution in [3.05, 3.63) is 40.7 Å². The zero-order valence-electron chi connectivity index (χ0n) is 22.8. The molecule has 1 aliphatic rings. The van der Waals surface area contributed by atoms with Crippen LogP contribution in [-0.2, 0) is 30.5 Å². The maximum absolute atomic E-state index is 13.6. The maximum Gasteiger partial charge on any atom is 0.281 e. The van der Waals surface area contributed by atoms with Crippen molar-refractivity contribution >= 4 is 21.1 Å². The van der Waals surface area contributed by atoms with E-state index >= 15 is 0 Å². The molecule has 0 radical (unpaired) electrons. The van der Waals surface area contributed by atoms with Crippen LogP contribution in [0.5, 0.6) is 5.88 Å². The van der Waals surface area contributed by atoms with Gasteiger partial charge in [0.1, 0.15) is 16.2 Å². The first-order valence-corrected chi connectivity index (χ1v) is 14.5. The zero-order chi connectivity index (χ0) is 27.9. The number of hydrogen-bond acceptors (Lipinski definition) is 9. The third-order valence-electron chi connectivity index (χ3n) is 7.08. The first kappa shape index (κ1) is 27.0. The molecule has 0 spiro atoms. The monoisotopic (exact) mass is 555 g/mol. The molecule has 0 aromatic carbocycles. The molecule has 5 heterocycles. The van der Waals surface area contributed by atoms with E-state index in [1.165, 1.54) is 21.1 Å². The highest BCUT2D eigenvalue weighted by atomic mass is 32.2. The number of sulfonamides is 1. The summed E-state index contributed by atoms with van der Waals surface area (Å²) < 4.78 is 39.2. The summed E-state index contributed by atoms with van der Waals surface area (Å²) in [6.07, 6.45) is 5.30. The van der Waals surface area contributed by atoms with Gasteiger partial charge in [0.2, 0.25) is 21.9 Å². The van der Waals surface area contributed by atoms with E-state index in [0.717, 1.165) is 6.54 Å². The van der Waals surface area contributed by atoms with E-state index < -0.39 is 10.0 Å². The number of fused-ring (bicyclic) bond motifs is 1. The standard InChI is InChI=1S/C25H33N9O4S/c1-6-19-20-21(29-34(19)25-26-9-10-30(25)4)24(35)31(5)22(28-20)18-15-17(16-27-23(18)38-8-3)39(36,37)33-13-11-32(7-2)12-14-33/h9-10,15-16H,6-8,11-14H2,1-5H3. The van der Waals surface area contributed by atoms with Crippen LogP contribution < -0.4 is 10.3 Å². The highest BCUT2D eigenvalue weighted by Gasteiger charge is 2.30. The molecule has 0 saturated carbocycles. The van der Waals surface area contributed by atoms with Gasteiger partial charge >= 0.3 is 0 Å². The van der Waals surface area contributed by atoms with Gasteiger partial charge in [-0.3, -0.25) is 9.36 Å². The average molecular weight is 556 g/mol. The van der Waals surface area contributed by atoms with Crippen molar-refractivity contribution in [3.8, 4) is 23.2 Å². The molecular weight excluding hydrogens is 522 g/mol. The molecule has 13 nitrogen and oxygen atoms in total. The lowest BCUT2D eigenvalue weighted by atomic mass is 10.2. The van der Waals surface area contributed by atoms with Crippen molar-refractivity contribution in [2.75, 3.05) is 39.3 Å². The van der Waals surface area contributed by atoms with Gasteiger partial charge in [0, 0.05) is 52.7 Å². The number of aryl methyl sites for hydroxylation is 2. The molecule has 0 amide bonds. The summed E-state index contributed by atoms with van der Waals surface area (Å²) in [7, 11) is -0.392. The van der Waals surface area contributed by atoms with Crippen LogP contribution in [0.1, 0.15) is 26.5 Å². The number of ether oxygens (including phenoxy) is 1. The topological polar surface area (TPSA) is 133 Å². The number of hydrogen-bond donors (Lipinski definition) is 0. The molecule has 1 fully saturated rings. The minimum Gasteiger partial charge on any atom is -0.477 e. The molecule has 5 rings (SSSR count). The van der Waals surface area contributed by atoms with Crippen LogP contribution in [0.25, 0.3) is 28.4 Å². The largest absolute Gasteiger partial charge is 0.477 e. The molecule has 14 heteroatoms. The summed E-state index contributed by atoms with van der Waals surface area (Å²) in [4.78, 5) is 29.4. The molecule has 208 valence electrons. The highest BCUT2D eigenvalue weighted by Crippen LogP contribution is 2.31. The van der Waals surface area contributed by atoms with Crippen molar-refractivity contribution in [1.82, 2.24) is 43.1 Å². The normalized spacial score (nSPS) is 15.3. The second-order valence-electron chi connectivity index (χ2n) is 9.34. The number of rotatable bonds is 8. The third-order valence-corrected chi connectivity index (χ3v) is 8.94. The molecular formula is C25H33N9O4S. The summed E-state index contributed by atoms with van der Waals surface area (Å²) in [5, 5.41) is 4.56. The highest BCUT2D eigenvalue weighted by molar-refractivity contribution is 7.89. The smallest absolute Gasteiger partial charge is 0.281 e. The van der Waals surface area contributed by atoms with E-state index in [1.807, 2.05) is 25.5 Å². The van der Waals surface area contributed by atoms with Crippen molar-refractivity contribution in [3.63, 3.8) is 0 Å². The van der Waals surface area contributed by atoms with Gasteiger partial charge in [-0.15, -0.1) is 0 Å². The fourth-order valence-electron chi connectivity index (χ4n) is 4.85. The first-order chi connectivity index (χ1) is 18.7. The average Bonchev–Trinajstić information content (AvgIpc) is 3.53. The quantitative estimate of drug-likeness (QED) is 0.314. The maximum atomic E-state index is 13.6. The molecule has 0 bridgehead atoms. The van der Waals surface area contributed by atoms with Crippen LogP contribution in [0.4, 0.5) is 0 Å². The second kappa shape index (κ2) is 10.5. The molecule has 1 saturated heterocycles. The Morgan fingerprint density at radius 2 is 1.77 bits per heavy atom. The number of aromatic nitrogens is 7. The lowest BCUT2D eigenvalue weighted by molar-refractivity contribution is 0.196. The van der Waals surface area contributed by atoms with Crippen molar-refractivity contribution in [2.24, 2.45) is 14.1 Å². The SMILES string of the molecule is CCOc1ncc(S(=O)(=O)N2CCN(CC)CC2)cc1-c1nc2c(CC)n(-c3nccn3C)nc2c(=O)n1C. The Labute approximate surface area is 226 Å². The molecule has 0 aliphatic carbocycles. The Morgan fingerprint density at radius 3 is 2.38 bits per heavy atom. The molecule has 0 atom stereocenters. The third kappa shape index (κ3) is 4.61. The van der Waals surface area contributed by atoms with E-state index in [9.17, 15) is 13.2 Å². The summed E-state index contributed by atoms with van der Waals surface area (Å²) in [6.45, 7) is 9.13. The van der Waals surface area contributed by atoms with Gasteiger partial charge in [-0.25, -0.2) is 28.1 Å². The minimum atomic E-state index is -3.82. The van der Waals surface area contributed by atoms with Crippen LogP contribution in [0.15, 0.2) is 34.3 Å². The van der Waals surface area contributed by atoms with E-state index in [4.69, 9.17) is 9.72 Å². The molecule has 4 aromatic rings. The van der Waals surface area contributed by atoms with Crippen LogP contribution in [-0.4, -0.2) is 90.8 Å². The second-order valence-corrected chi connectivity index (χ2v) is 11.3. The Balaban J connectivity index is 1.67. The summed E-state index contributed by atoms with van der Waals surface area (Å²) in [5.41, 5.74) is 1.28. The lowest BCUT2D eigenvalue weighted by Gasteiger charge is -2.33. The molecule has 39 heavy (non-hydrogen) atoms. The van der Waals surface area contributed by atoms with Crippen LogP contribution >= 0.6 is 0 Å². The van der Waals surface area contributed by atoms with E-state index in [2.05, 4.69) is 26.9 Å². The molecule has 1 aliphatic heterocycles. The zero-order valence-corrected chi connectivity index (χ0v) is 23.6. The Hall–Kier alpha value is -3.62. The van der Waals surface area contributed by atoms with Gasteiger partial charge in [0.25, 0.3) is 5.56 Å². The fourth-order valence-corrected chi connectivity index (χ4v) is 6.24. The minimum absolute atomic E-state index is 0.0275. The van der Waals surface area contributed by atoms with Gasteiger partial charge in [-0.2, -0.15) is 9.40 Å². The first-order valence-electron chi connectivity index (χ1n) is 13.0. The van der Waals surface area contributed by atoms with Crippen LogP contribution in [0, 0.1) is 0 Å². The number of likely N-dealkylation sites (N-methyl/N-ethyl adjacent to an activating group) is 1. The lowest BCUT2D eigenvalue weighted by Crippen LogP contribution is -2.48. The van der Waals surface area contributed by atoms with Crippen molar-refractivity contribution in [2.45, 2.75) is 32.1 Å². The fraction of sp³-hybridized carbons (Fsp3) is 0.480. The van der Waals surface area contributed by atoms with Crippen molar-refractivity contribution in [1.29, 1.82) is 0 Å². The van der Waals surface area contributed by atoms with Gasteiger partial charge in [0.05, 0.1) is 24.1 Å². The van der Waals surface area contributed by atoms with E-state index in [1.54, 1.807) is 24.1 Å². The number of pyridine rings is 1. The number of piperazine rings is 1. The Bertz CT molecular complexity index is 1680. The van der Waals surface area contributed by atoms with Crippen molar-refractivity contribution < 1.29 is 13.2 Å². The molecule has 4 aromatic heterocycles. The van der Waals surface area contributed by atoms with Gasteiger partial charge in [0.15, 0.2) is 5.52 Å². The Kier molecular flexibility index (Phi) is 7.27. The van der Waals surface area contributed by atoms with Crippen LogP contribution in [0.2, 0.25) is 0 Å². The van der Waals surface area contributed by atoms with E-state index in [-0.39, 0.29) is 27.7 Å². The van der Waals surface area contributed by atoms with E-state index in [0.29, 0.717) is 61.9 Å². The van der Waals surface area contributed by atoms with Gasteiger partial charge in [-0.1, -0.05) is 13.8 Å². The summed E-state index contributed by atoms with van der Waals surface area (Å²) >= 11 is 0. The van der Waals surface area contributed by atoms with Gasteiger partial charge in [-0.05, 0) is 26.0 Å². The molecule has 0 N–H and O–H groups in total. The van der Waals surface area contributed by atoms with Crippen LogP contribution in [0.3, 0.4) is 0 Å². The van der Waals surface area contributed by atoms with Gasteiger partial charge < -0.3 is 14.2 Å². The Morgan fingerprint density at radius 1 is 1.03 bits per heavy atom. The predicted octanol–water partition coefficient (Wildman–Crippen LogP) is 1.20.